The molecule has 0 bridgehead atoms. The minimum absolute atomic E-state index is 0.331. The van der Waals surface area contributed by atoms with E-state index in [0.29, 0.717) is 16.9 Å². The summed E-state index contributed by atoms with van der Waals surface area (Å²) in [7, 11) is -3.59. The van der Waals surface area contributed by atoms with Gasteiger partial charge in [-0.3, -0.25) is 9.10 Å². The van der Waals surface area contributed by atoms with Crippen LogP contribution in [0.5, 0.6) is 0 Å². The molecule has 0 heterocycles. The zero-order valence-electron chi connectivity index (χ0n) is 12.4. The first kappa shape index (κ1) is 16.5. The van der Waals surface area contributed by atoms with Gasteiger partial charge < -0.3 is 5.32 Å². The molecule has 0 unspecified atom stereocenters. The maximum atomic E-state index is 12.1. The number of sulfonamides is 1. The second kappa shape index (κ2) is 6.94. The van der Waals surface area contributed by atoms with Crippen molar-refractivity contribution < 1.29 is 13.2 Å². The van der Waals surface area contributed by atoms with Gasteiger partial charge in [0.2, 0.25) is 15.9 Å². The molecule has 1 amide bonds. The van der Waals surface area contributed by atoms with Gasteiger partial charge in [0.25, 0.3) is 0 Å². The summed E-state index contributed by atoms with van der Waals surface area (Å²) in [6, 6.07) is 16.7. The minimum atomic E-state index is -3.59. The number of rotatable bonds is 5. The number of para-hydroxylation sites is 1. The Morgan fingerprint density at radius 3 is 2.26 bits per heavy atom. The quantitative estimate of drug-likeness (QED) is 0.908. The van der Waals surface area contributed by atoms with E-state index in [1.54, 1.807) is 54.6 Å². The van der Waals surface area contributed by atoms with Gasteiger partial charge >= 0.3 is 0 Å². The van der Waals surface area contributed by atoms with Gasteiger partial charge in [-0.25, -0.2) is 8.42 Å². The van der Waals surface area contributed by atoms with Crippen LogP contribution in [-0.4, -0.2) is 27.1 Å². The molecular weight excluding hydrogens is 314 g/mol. The van der Waals surface area contributed by atoms with Crippen molar-refractivity contribution in [3.05, 3.63) is 60.2 Å². The predicted octanol–water partition coefficient (Wildman–Crippen LogP) is 1.96. The number of anilines is 2. The molecule has 1 N–H and O–H groups in total. The zero-order valence-corrected chi connectivity index (χ0v) is 13.2. The lowest BCUT2D eigenvalue weighted by Gasteiger charge is -2.21. The van der Waals surface area contributed by atoms with Crippen LogP contribution >= 0.6 is 0 Å². The van der Waals surface area contributed by atoms with Crippen molar-refractivity contribution in [2.24, 2.45) is 0 Å². The molecule has 6 nitrogen and oxygen atoms in total. The van der Waals surface area contributed by atoms with Crippen LogP contribution in [0.2, 0.25) is 0 Å². The fraction of sp³-hybridized carbons (Fsp3) is 0.125. The molecule has 0 radical (unpaired) electrons. The summed E-state index contributed by atoms with van der Waals surface area (Å²) in [5.74, 6) is -0.469. The first-order chi connectivity index (χ1) is 10.9. The van der Waals surface area contributed by atoms with Crippen molar-refractivity contribution >= 4 is 27.3 Å². The molecule has 2 aromatic carbocycles. The number of carbonyl (C=O) groups excluding carboxylic acids is 1. The van der Waals surface area contributed by atoms with E-state index in [9.17, 15) is 13.2 Å². The summed E-state index contributed by atoms with van der Waals surface area (Å²) in [6.45, 7) is -0.331. The standard InChI is InChI=1S/C16H15N3O3S/c1-23(21,22)19(15-5-3-2-4-6-15)12-16(20)18-14-9-7-13(11-17)8-10-14/h2-10H,12H2,1H3,(H,18,20). The van der Waals surface area contributed by atoms with E-state index in [1.165, 1.54) is 0 Å². The fourth-order valence-corrected chi connectivity index (χ4v) is 2.81. The van der Waals surface area contributed by atoms with Gasteiger partial charge in [-0.1, -0.05) is 18.2 Å². The van der Waals surface area contributed by atoms with Gasteiger partial charge in [-0.05, 0) is 36.4 Å². The smallest absolute Gasteiger partial charge is 0.245 e. The third-order valence-electron chi connectivity index (χ3n) is 3.03. The molecule has 0 aliphatic heterocycles. The Bertz CT molecular complexity index is 825. The van der Waals surface area contributed by atoms with Crippen molar-refractivity contribution in [3.8, 4) is 6.07 Å². The normalized spacial score (nSPS) is 10.6. The summed E-state index contributed by atoms with van der Waals surface area (Å²) in [6.07, 6.45) is 1.05. The van der Waals surface area contributed by atoms with Gasteiger partial charge in [0.05, 0.1) is 23.6 Å². The highest BCUT2D eigenvalue weighted by atomic mass is 32.2. The van der Waals surface area contributed by atoms with E-state index in [0.717, 1.165) is 10.6 Å². The topological polar surface area (TPSA) is 90.3 Å². The van der Waals surface area contributed by atoms with Crippen LogP contribution in [0.1, 0.15) is 5.56 Å². The van der Waals surface area contributed by atoms with Crippen LogP contribution in [0.3, 0.4) is 0 Å². The Kier molecular flexibility index (Phi) is 4.98. The average Bonchev–Trinajstić information content (AvgIpc) is 2.53. The molecular formula is C16H15N3O3S. The summed E-state index contributed by atoms with van der Waals surface area (Å²) < 4.78 is 24.9. The van der Waals surface area contributed by atoms with E-state index < -0.39 is 15.9 Å². The molecule has 0 aliphatic carbocycles. The van der Waals surface area contributed by atoms with Crippen molar-refractivity contribution in [3.63, 3.8) is 0 Å². The van der Waals surface area contributed by atoms with Gasteiger partial charge in [0.15, 0.2) is 0 Å². The number of carbonyl (C=O) groups is 1. The Labute approximate surface area is 135 Å². The van der Waals surface area contributed by atoms with Crippen LogP contribution in [-0.2, 0) is 14.8 Å². The molecule has 0 atom stereocenters. The van der Waals surface area contributed by atoms with E-state index in [4.69, 9.17) is 5.26 Å². The highest BCUT2D eigenvalue weighted by Crippen LogP contribution is 2.17. The van der Waals surface area contributed by atoms with Crippen molar-refractivity contribution in [1.82, 2.24) is 0 Å². The van der Waals surface area contributed by atoms with E-state index in [2.05, 4.69) is 5.32 Å². The molecule has 2 aromatic rings. The van der Waals surface area contributed by atoms with Gasteiger partial charge in [0.1, 0.15) is 6.54 Å². The van der Waals surface area contributed by atoms with Gasteiger partial charge in [-0.2, -0.15) is 5.26 Å². The van der Waals surface area contributed by atoms with Crippen LogP contribution in [0.15, 0.2) is 54.6 Å². The van der Waals surface area contributed by atoms with Gasteiger partial charge in [0, 0.05) is 5.69 Å². The van der Waals surface area contributed by atoms with E-state index in [-0.39, 0.29) is 6.54 Å². The maximum Gasteiger partial charge on any atom is 0.245 e. The van der Waals surface area contributed by atoms with E-state index in [1.807, 2.05) is 6.07 Å². The van der Waals surface area contributed by atoms with Crippen molar-refractivity contribution in [1.29, 1.82) is 5.26 Å². The molecule has 0 fully saturated rings. The Morgan fingerprint density at radius 2 is 1.74 bits per heavy atom. The second-order valence-electron chi connectivity index (χ2n) is 4.84. The van der Waals surface area contributed by atoms with Crippen LogP contribution in [0, 0.1) is 11.3 Å². The van der Waals surface area contributed by atoms with Crippen molar-refractivity contribution in [2.75, 3.05) is 22.4 Å². The van der Waals surface area contributed by atoms with Crippen LogP contribution in [0.4, 0.5) is 11.4 Å². The molecule has 2 rings (SSSR count). The lowest BCUT2D eigenvalue weighted by atomic mass is 10.2. The Morgan fingerprint density at radius 1 is 1.13 bits per heavy atom. The van der Waals surface area contributed by atoms with Gasteiger partial charge in [-0.15, -0.1) is 0 Å². The molecule has 23 heavy (non-hydrogen) atoms. The largest absolute Gasteiger partial charge is 0.325 e. The third kappa shape index (κ3) is 4.56. The number of nitrogens with zero attached hydrogens (tertiary/aromatic N) is 2. The van der Waals surface area contributed by atoms with Crippen molar-refractivity contribution in [2.45, 2.75) is 0 Å². The summed E-state index contributed by atoms with van der Waals surface area (Å²) in [4.78, 5) is 12.1. The SMILES string of the molecule is CS(=O)(=O)N(CC(=O)Nc1ccc(C#N)cc1)c1ccccc1. The fourth-order valence-electron chi connectivity index (χ4n) is 1.95. The molecule has 0 aromatic heterocycles. The lowest BCUT2D eigenvalue weighted by Crippen LogP contribution is -2.37. The molecule has 7 heteroatoms. The number of hydrogen-bond donors (Lipinski definition) is 1. The second-order valence-corrected chi connectivity index (χ2v) is 6.75. The molecule has 0 saturated heterocycles. The number of nitrogens with one attached hydrogen (secondary N) is 1. The highest BCUT2D eigenvalue weighted by Gasteiger charge is 2.20. The third-order valence-corrected chi connectivity index (χ3v) is 4.17. The Balaban J connectivity index is 2.13. The minimum Gasteiger partial charge on any atom is -0.325 e. The summed E-state index contributed by atoms with van der Waals surface area (Å²) in [5, 5.41) is 11.3. The molecule has 0 saturated carbocycles. The van der Waals surface area contributed by atoms with E-state index >= 15 is 0 Å². The highest BCUT2D eigenvalue weighted by molar-refractivity contribution is 7.92. The average molecular weight is 329 g/mol. The number of nitriles is 1. The van der Waals surface area contributed by atoms with Crippen LogP contribution < -0.4 is 9.62 Å². The lowest BCUT2D eigenvalue weighted by molar-refractivity contribution is -0.114. The first-order valence-electron chi connectivity index (χ1n) is 6.73. The monoisotopic (exact) mass is 329 g/mol. The summed E-state index contributed by atoms with van der Waals surface area (Å²) in [5.41, 5.74) is 1.39. The maximum absolute atomic E-state index is 12.1. The molecule has 0 aliphatic rings. The molecule has 0 spiro atoms. The Hall–Kier alpha value is -2.85. The number of amides is 1. The summed E-state index contributed by atoms with van der Waals surface area (Å²) >= 11 is 0. The zero-order chi connectivity index (χ0) is 16.9. The first-order valence-corrected chi connectivity index (χ1v) is 8.58. The number of benzene rings is 2. The molecule has 118 valence electrons. The number of hydrogen-bond acceptors (Lipinski definition) is 4. The predicted molar refractivity (Wildman–Crippen MR) is 88.4 cm³/mol. The van der Waals surface area contributed by atoms with Crippen LogP contribution in [0.25, 0.3) is 0 Å².